The summed E-state index contributed by atoms with van der Waals surface area (Å²) in [5.41, 5.74) is 9.59. The minimum atomic E-state index is -1.29. The van der Waals surface area contributed by atoms with Gasteiger partial charge in [0.05, 0.1) is 21.5 Å². The number of thiophene rings is 1. The zero-order chi connectivity index (χ0) is 16.2. The number of rotatable bonds is 4. The normalized spacial score (nSPS) is 11.6. The molecule has 0 aliphatic rings. The molecule has 5 N–H and O–H groups in total. The quantitative estimate of drug-likeness (QED) is 0.694. The van der Waals surface area contributed by atoms with Gasteiger partial charge in [-0.3, -0.25) is 0 Å². The monoisotopic (exact) mass is 375 g/mol. The van der Waals surface area contributed by atoms with Crippen molar-refractivity contribution < 1.29 is 23.9 Å². The molecule has 0 radical (unpaired) electrons. The lowest BCUT2D eigenvalue weighted by molar-refractivity contribution is 0.104. The van der Waals surface area contributed by atoms with Crippen LogP contribution in [0.3, 0.4) is 0 Å². The third-order valence-electron chi connectivity index (χ3n) is 1.96. The number of primary amides is 2. The van der Waals surface area contributed by atoms with E-state index in [0.717, 1.165) is 11.3 Å². The molecule has 0 bridgehead atoms. The molecule has 0 fully saturated rings. The Balaban J connectivity index is 2.85. The fourth-order valence-electron chi connectivity index (χ4n) is 1.22. The van der Waals surface area contributed by atoms with Gasteiger partial charge in [-0.05, 0) is 0 Å². The average molecular weight is 377 g/mol. The first-order valence-electron chi connectivity index (χ1n) is 5.06. The molecular weight excluding hydrogens is 369 g/mol. The van der Waals surface area contributed by atoms with Gasteiger partial charge in [0, 0.05) is 0 Å². The van der Waals surface area contributed by atoms with Gasteiger partial charge < -0.3 is 26.3 Å². The summed E-state index contributed by atoms with van der Waals surface area (Å²) in [5.74, 6) is 0. The van der Waals surface area contributed by atoms with E-state index in [0.29, 0.717) is 0 Å². The van der Waals surface area contributed by atoms with Crippen molar-refractivity contribution in [2.75, 3.05) is 6.54 Å². The number of nitrogens with one attached hydrogen (secondary N) is 1. The Morgan fingerprint density at radius 3 is 2.19 bits per heavy atom. The van der Waals surface area contributed by atoms with Crippen molar-refractivity contribution in [1.82, 2.24) is 5.32 Å². The maximum Gasteiger partial charge on any atom is 0.416 e. The molecule has 1 aromatic rings. The Kier molecular flexibility index (Phi) is 6.34. The van der Waals surface area contributed by atoms with Gasteiger partial charge in [0.2, 0.25) is 0 Å². The molecule has 0 aliphatic carbocycles. The van der Waals surface area contributed by atoms with Crippen molar-refractivity contribution >= 4 is 64.4 Å². The number of carbonyl (C=O) groups is 3. The number of amides is 3. The molecule has 0 saturated heterocycles. The fraction of sp³-hybridized carbons (Fsp3) is 0.222. The van der Waals surface area contributed by atoms with Crippen LogP contribution >= 0.6 is 46.1 Å². The summed E-state index contributed by atoms with van der Waals surface area (Å²) in [6.07, 6.45) is -4.60. The first kappa shape index (κ1) is 17.6. The number of nitrogens with two attached hydrogens (primary N) is 2. The molecule has 0 saturated carbocycles. The summed E-state index contributed by atoms with van der Waals surface area (Å²) in [5, 5.41) is 2.28. The molecule has 1 rings (SSSR count). The summed E-state index contributed by atoms with van der Waals surface area (Å²) >= 11 is 18.5. The van der Waals surface area contributed by atoms with E-state index in [1.165, 1.54) is 0 Å². The van der Waals surface area contributed by atoms with Crippen LogP contribution in [-0.4, -0.2) is 24.8 Å². The number of hydrogen-bond donors (Lipinski definition) is 3. The third-order valence-corrected chi connectivity index (χ3v) is 4.64. The van der Waals surface area contributed by atoms with E-state index >= 15 is 0 Å². The van der Waals surface area contributed by atoms with Crippen LogP contribution in [-0.2, 0) is 9.47 Å². The van der Waals surface area contributed by atoms with Gasteiger partial charge in [0.15, 0.2) is 6.10 Å². The van der Waals surface area contributed by atoms with Crippen LogP contribution in [0.1, 0.15) is 11.0 Å². The van der Waals surface area contributed by atoms with E-state index in [1.807, 2.05) is 0 Å². The molecule has 116 valence electrons. The zero-order valence-electron chi connectivity index (χ0n) is 10.0. The average Bonchev–Trinajstić information content (AvgIpc) is 2.61. The van der Waals surface area contributed by atoms with Crippen molar-refractivity contribution in [3.8, 4) is 0 Å². The number of carbonyl (C=O) groups excluding carboxylic acids is 3. The van der Waals surface area contributed by atoms with Crippen LogP contribution in [0.15, 0.2) is 0 Å². The highest BCUT2D eigenvalue weighted by molar-refractivity contribution is 7.17. The Morgan fingerprint density at radius 1 is 1.14 bits per heavy atom. The van der Waals surface area contributed by atoms with Gasteiger partial charge in [0.25, 0.3) is 0 Å². The van der Waals surface area contributed by atoms with E-state index in [-0.39, 0.29) is 25.8 Å². The van der Waals surface area contributed by atoms with E-state index in [1.54, 1.807) is 0 Å². The van der Waals surface area contributed by atoms with Crippen LogP contribution in [0.25, 0.3) is 0 Å². The number of alkyl carbamates (subject to hydrolysis) is 1. The van der Waals surface area contributed by atoms with E-state index < -0.39 is 24.4 Å². The first-order chi connectivity index (χ1) is 9.72. The van der Waals surface area contributed by atoms with Gasteiger partial charge in [-0.15, -0.1) is 11.3 Å². The van der Waals surface area contributed by atoms with Gasteiger partial charge >= 0.3 is 18.3 Å². The van der Waals surface area contributed by atoms with E-state index in [4.69, 9.17) is 45.3 Å². The van der Waals surface area contributed by atoms with Crippen LogP contribution in [0, 0.1) is 0 Å². The lowest BCUT2D eigenvalue weighted by Crippen LogP contribution is -2.34. The fourth-order valence-corrected chi connectivity index (χ4v) is 3.11. The molecule has 1 heterocycles. The van der Waals surface area contributed by atoms with Crippen LogP contribution in [0.5, 0.6) is 0 Å². The highest BCUT2D eigenvalue weighted by Crippen LogP contribution is 2.43. The number of hydrogen-bond acceptors (Lipinski definition) is 6. The van der Waals surface area contributed by atoms with Crippen molar-refractivity contribution in [1.29, 1.82) is 0 Å². The highest BCUT2D eigenvalue weighted by atomic mass is 35.5. The Morgan fingerprint density at radius 2 is 1.76 bits per heavy atom. The summed E-state index contributed by atoms with van der Waals surface area (Å²) < 4.78 is 9.01. The summed E-state index contributed by atoms with van der Waals surface area (Å²) in [4.78, 5) is 32.7. The molecular formula is C9H8Cl3N3O5S. The lowest BCUT2D eigenvalue weighted by atomic mass is 10.3. The topological polar surface area (TPSA) is 134 Å². The van der Waals surface area contributed by atoms with Crippen molar-refractivity contribution in [3.63, 3.8) is 0 Å². The van der Waals surface area contributed by atoms with Crippen molar-refractivity contribution in [3.05, 3.63) is 19.3 Å². The maximum absolute atomic E-state index is 11.1. The van der Waals surface area contributed by atoms with Gasteiger partial charge in [0.1, 0.15) is 4.34 Å². The second-order valence-corrected chi connectivity index (χ2v) is 5.79. The molecule has 1 atom stereocenters. The molecule has 1 unspecified atom stereocenters. The molecule has 0 spiro atoms. The molecule has 0 aliphatic heterocycles. The molecule has 1 aromatic heterocycles. The van der Waals surface area contributed by atoms with Crippen molar-refractivity contribution in [2.45, 2.75) is 6.10 Å². The minimum absolute atomic E-state index is 0.0583. The highest BCUT2D eigenvalue weighted by Gasteiger charge is 2.25. The summed E-state index contributed by atoms with van der Waals surface area (Å²) in [7, 11) is 0. The smallest absolute Gasteiger partial charge is 0.416 e. The molecule has 21 heavy (non-hydrogen) atoms. The standard InChI is InChI=1S/C9H8Cl3N3O5S/c10-3-4(11)6(12)21-5(3)2(19-7(13)16)1-15-9(18)20-8(14)17/h2H,1H2,(H2,13,16)(H2,14,17)(H,15,18). The van der Waals surface area contributed by atoms with Crippen LogP contribution in [0.4, 0.5) is 14.4 Å². The molecule has 3 amide bonds. The van der Waals surface area contributed by atoms with Gasteiger partial charge in [-0.25, -0.2) is 14.4 Å². The zero-order valence-corrected chi connectivity index (χ0v) is 13.1. The Bertz CT molecular complexity index is 579. The summed E-state index contributed by atoms with van der Waals surface area (Å²) in [6, 6.07) is 0. The third kappa shape index (κ3) is 5.12. The number of halogens is 3. The predicted molar refractivity (Wildman–Crippen MR) is 76.8 cm³/mol. The first-order valence-corrected chi connectivity index (χ1v) is 7.01. The second kappa shape index (κ2) is 7.55. The van der Waals surface area contributed by atoms with Crippen LogP contribution < -0.4 is 16.8 Å². The van der Waals surface area contributed by atoms with Gasteiger partial charge in [-0.1, -0.05) is 34.8 Å². The van der Waals surface area contributed by atoms with E-state index in [9.17, 15) is 14.4 Å². The molecule has 0 aromatic carbocycles. The Labute approximate surface area is 137 Å². The second-order valence-electron chi connectivity index (χ2n) is 3.38. The SMILES string of the molecule is NC(=O)OC(=O)NCC(OC(N)=O)c1sc(Cl)c(Cl)c1Cl. The summed E-state index contributed by atoms with van der Waals surface area (Å²) in [6.45, 7) is -0.290. The largest absolute Gasteiger partial charge is 0.439 e. The maximum atomic E-state index is 11.1. The lowest BCUT2D eigenvalue weighted by Gasteiger charge is -2.16. The molecule has 12 heteroatoms. The van der Waals surface area contributed by atoms with E-state index in [2.05, 4.69) is 15.8 Å². The van der Waals surface area contributed by atoms with Crippen LogP contribution in [0.2, 0.25) is 14.4 Å². The number of ether oxygens (including phenoxy) is 2. The Hall–Kier alpha value is -1.42. The molecule has 8 nitrogen and oxygen atoms in total. The van der Waals surface area contributed by atoms with Gasteiger partial charge in [-0.2, -0.15) is 0 Å². The predicted octanol–water partition coefficient (Wildman–Crippen LogP) is 2.65. The minimum Gasteiger partial charge on any atom is -0.439 e. The van der Waals surface area contributed by atoms with Crippen molar-refractivity contribution in [2.24, 2.45) is 11.5 Å².